The fraction of sp³-hybridized carbons (Fsp3) is 0.0870. The van der Waals surface area contributed by atoms with Gasteiger partial charge in [-0.1, -0.05) is 41.6 Å². The van der Waals surface area contributed by atoms with E-state index in [0.29, 0.717) is 33.0 Å². The van der Waals surface area contributed by atoms with Gasteiger partial charge in [-0.2, -0.15) is 0 Å². The van der Waals surface area contributed by atoms with E-state index < -0.39 is 0 Å². The van der Waals surface area contributed by atoms with Crippen molar-refractivity contribution in [2.24, 2.45) is 0 Å². The topological polar surface area (TPSA) is 108 Å². The van der Waals surface area contributed by atoms with Crippen LogP contribution in [0.5, 0.6) is 5.75 Å². The van der Waals surface area contributed by atoms with E-state index in [1.54, 1.807) is 37.4 Å². The van der Waals surface area contributed by atoms with E-state index in [4.69, 9.17) is 26.6 Å². The van der Waals surface area contributed by atoms with Crippen molar-refractivity contribution in [3.63, 3.8) is 0 Å². The number of benzene rings is 3. The third-order valence-electron chi connectivity index (χ3n) is 5.07. The largest absolute Gasteiger partial charge is 0.495 e. The predicted octanol–water partition coefficient (Wildman–Crippen LogP) is 4.95. The number of para-hydroxylation sites is 1. The third kappa shape index (κ3) is 4.08. The highest BCUT2D eigenvalue weighted by Gasteiger charge is 2.17. The molecule has 10 heteroatoms. The van der Waals surface area contributed by atoms with Crippen molar-refractivity contribution in [1.82, 2.24) is 14.9 Å². The molecule has 5 rings (SSSR count). The molecule has 0 saturated heterocycles. The van der Waals surface area contributed by atoms with Gasteiger partial charge in [-0.05, 0) is 36.4 Å². The molecule has 0 bridgehead atoms. The third-order valence-corrected chi connectivity index (χ3v) is 6.27. The van der Waals surface area contributed by atoms with Crippen LogP contribution in [0, 0.1) is 0 Å². The van der Waals surface area contributed by atoms with Crippen LogP contribution in [0.15, 0.2) is 70.2 Å². The van der Waals surface area contributed by atoms with Gasteiger partial charge in [0.05, 0.1) is 18.6 Å². The molecule has 2 aromatic heterocycles. The number of ether oxygens (including phenoxy) is 1. The fourth-order valence-corrected chi connectivity index (χ4v) is 4.29. The number of nitrogen functional groups attached to an aromatic ring is 1. The van der Waals surface area contributed by atoms with Gasteiger partial charge in [-0.15, -0.1) is 10.2 Å². The highest BCUT2D eigenvalue weighted by atomic mass is 35.5. The Morgan fingerprint density at radius 3 is 2.70 bits per heavy atom. The molecule has 1 amide bonds. The first-order chi connectivity index (χ1) is 16.0. The summed E-state index contributed by atoms with van der Waals surface area (Å²) in [6, 6.07) is 18.5. The number of amides is 1. The van der Waals surface area contributed by atoms with Gasteiger partial charge in [0.15, 0.2) is 5.82 Å². The summed E-state index contributed by atoms with van der Waals surface area (Å²) in [5.74, 6) is 6.99. The lowest BCUT2D eigenvalue weighted by Gasteiger charge is -2.10. The molecule has 3 aromatic carbocycles. The van der Waals surface area contributed by atoms with Crippen LogP contribution in [0.4, 0.5) is 5.69 Å². The van der Waals surface area contributed by atoms with Gasteiger partial charge in [0.2, 0.25) is 11.1 Å². The molecule has 0 aliphatic rings. The maximum absolute atomic E-state index is 12.7. The van der Waals surface area contributed by atoms with Gasteiger partial charge in [0.25, 0.3) is 0 Å². The molecule has 0 atom stereocenters. The van der Waals surface area contributed by atoms with Crippen LogP contribution in [0.25, 0.3) is 33.3 Å². The van der Waals surface area contributed by atoms with Gasteiger partial charge in [-0.25, -0.2) is 4.68 Å². The van der Waals surface area contributed by atoms with Gasteiger partial charge < -0.3 is 20.3 Å². The monoisotopic (exact) mass is 479 g/mol. The van der Waals surface area contributed by atoms with Gasteiger partial charge in [-0.3, -0.25) is 4.79 Å². The maximum Gasteiger partial charge on any atom is 0.234 e. The van der Waals surface area contributed by atoms with E-state index in [-0.39, 0.29) is 11.7 Å². The second-order valence-corrected chi connectivity index (χ2v) is 8.55. The predicted molar refractivity (Wildman–Crippen MR) is 130 cm³/mol. The molecule has 5 aromatic rings. The molecule has 2 heterocycles. The molecule has 0 spiro atoms. The summed E-state index contributed by atoms with van der Waals surface area (Å²) in [5.41, 5.74) is 2.72. The number of rotatable bonds is 6. The zero-order valence-electron chi connectivity index (χ0n) is 17.4. The Labute approximate surface area is 197 Å². The minimum Gasteiger partial charge on any atom is -0.495 e. The fourth-order valence-electron chi connectivity index (χ4n) is 3.51. The van der Waals surface area contributed by atoms with E-state index in [1.807, 2.05) is 30.3 Å². The lowest BCUT2D eigenvalue weighted by Crippen LogP contribution is -2.16. The normalized spacial score (nSPS) is 11.2. The minimum atomic E-state index is -0.246. The number of carbonyl (C=O) groups is 1. The van der Waals surface area contributed by atoms with E-state index in [2.05, 4.69) is 15.5 Å². The summed E-state index contributed by atoms with van der Waals surface area (Å²) in [6.45, 7) is 0. The first kappa shape index (κ1) is 21.2. The Bertz CT molecular complexity index is 1480. The van der Waals surface area contributed by atoms with Gasteiger partial charge in [0, 0.05) is 27.4 Å². The number of anilines is 1. The summed E-state index contributed by atoms with van der Waals surface area (Å²) in [5, 5.41) is 14.0. The minimum absolute atomic E-state index is 0.0806. The van der Waals surface area contributed by atoms with Crippen molar-refractivity contribution >= 4 is 56.9 Å². The van der Waals surface area contributed by atoms with Crippen LogP contribution >= 0.6 is 23.4 Å². The molecule has 3 N–H and O–H groups in total. The Kier molecular flexibility index (Phi) is 5.57. The van der Waals surface area contributed by atoms with Crippen molar-refractivity contribution in [2.75, 3.05) is 24.0 Å². The molecule has 0 unspecified atom stereocenters. The number of halogens is 1. The number of fused-ring (bicyclic) bond motifs is 3. The number of hydrogen-bond donors (Lipinski definition) is 2. The van der Waals surface area contributed by atoms with Crippen molar-refractivity contribution in [3.8, 4) is 17.1 Å². The van der Waals surface area contributed by atoms with Crippen molar-refractivity contribution in [2.45, 2.75) is 5.16 Å². The number of methoxy groups -OCH3 is 1. The van der Waals surface area contributed by atoms with Crippen LogP contribution in [0.1, 0.15) is 0 Å². The number of nitrogens with two attached hydrogens (primary N) is 1. The number of carbonyl (C=O) groups excluding carboxylic acids is 1. The summed E-state index contributed by atoms with van der Waals surface area (Å²) >= 11 is 7.11. The highest BCUT2D eigenvalue weighted by molar-refractivity contribution is 7.99. The van der Waals surface area contributed by atoms with E-state index in [9.17, 15) is 4.79 Å². The SMILES string of the molecule is COc1cc2c(cc1NC(=O)CSc1nnc(-c3ccc(Cl)cc3)n1N)oc1ccccc12. The molecular formula is C23H18ClN5O3S. The summed E-state index contributed by atoms with van der Waals surface area (Å²) in [6.07, 6.45) is 0. The van der Waals surface area contributed by atoms with Gasteiger partial charge >= 0.3 is 0 Å². The smallest absolute Gasteiger partial charge is 0.234 e. The Morgan fingerprint density at radius 2 is 1.91 bits per heavy atom. The number of furan rings is 1. The number of nitrogens with one attached hydrogen (secondary N) is 1. The van der Waals surface area contributed by atoms with Crippen LogP contribution in [0.2, 0.25) is 5.02 Å². The lowest BCUT2D eigenvalue weighted by molar-refractivity contribution is -0.113. The van der Waals surface area contributed by atoms with Crippen molar-refractivity contribution < 1.29 is 13.9 Å². The second-order valence-electron chi connectivity index (χ2n) is 7.17. The van der Waals surface area contributed by atoms with Crippen molar-refractivity contribution in [1.29, 1.82) is 0 Å². The average molecular weight is 480 g/mol. The average Bonchev–Trinajstić information content (AvgIpc) is 3.37. The van der Waals surface area contributed by atoms with E-state index >= 15 is 0 Å². The molecular weight excluding hydrogens is 462 g/mol. The molecule has 0 radical (unpaired) electrons. The summed E-state index contributed by atoms with van der Waals surface area (Å²) in [7, 11) is 1.56. The molecule has 166 valence electrons. The van der Waals surface area contributed by atoms with Crippen LogP contribution in [-0.2, 0) is 4.79 Å². The maximum atomic E-state index is 12.7. The number of hydrogen-bond acceptors (Lipinski definition) is 7. The van der Waals surface area contributed by atoms with Crippen LogP contribution < -0.4 is 15.9 Å². The van der Waals surface area contributed by atoms with Crippen LogP contribution in [0.3, 0.4) is 0 Å². The molecule has 0 saturated carbocycles. The molecule has 0 aliphatic carbocycles. The van der Waals surface area contributed by atoms with E-state index in [0.717, 1.165) is 21.9 Å². The quantitative estimate of drug-likeness (QED) is 0.262. The zero-order valence-corrected chi connectivity index (χ0v) is 19.0. The summed E-state index contributed by atoms with van der Waals surface area (Å²) in [4.78, 5) is 12.7. The zero-order chi connectivity index (χ0) is 22.9. The van der Waals surface area contributed by atoms with E-state index in [1.165, 1.54) is 16.4 Å². The Morgan fingerprint density at radius 1 is 1.12 bits per heavy atom. The molecule has 0 aliphatic heterocycles. The standard InChI is InChI=1S/C23H18ClN5O3S/c1-31-20-10-16-15-4-2-3-5-18(15)32-19(16)11-17(20)26-21(30)12-33-23-28-27-22(29(23)25)13-6-8-14(24)9-7-13/h2-11H,12,25H2,1H3,(H,26,30). The molecule has 33 heavy (non-hydrogen) atoms. The molecule has 8 nitrogen and oxygen atoms in total. The van der Waals surface area contributed by atoms with Gasteiger partial charge in [0.1, 0.15) is 16.9 Å². The number of aromatic nitrogens is 3. The Balaban J connectivity index is 1.32. The second kappa shape index (κ2) is 8.68. The number of thioether (sulfide) groups is 1. The van der Waals surface area contributed by atoms with Crippen LogP contribution in [-0.4, -0.2) is 33.6 Å². The highest BCUT2D eigenvalue weighted by Crippen LogP contribution is 2.36. The first-order valence-corrected chi connectivity index (χ1v) is 11.3. The lowest BCUT2D eigenvalue weighted by atomic mass is 10.1. The summed E-state index contributed by atoms with van der Waals surface area (Å²) < 4.78 is 12.8. The molecule has 0 fully saturated rings. The number of nitrogens with zero attached hydrogens (tertiary/aromatic N) is 3. The first-order valence-electron chi connectivity index (χ1n) is 9.92. The Hall–Kier alpha value is -3.69. The van der Waals surface area contributed by atoms with Crippen molar-refractivity contribution in [3.05, 3.63) is 65.7 Å².